The zero-order valence-electron chi connectivity index (χ0n) is 15.9. The van der Waals surface area contributed by atoms with Crippen molar-refractivity contribution >= 4 is 6.08 Å². The van der Waals surface area contributed by atoms with E-state index in [0.717, 1.165) is 0 Å². The van der Waals surface area contributed by atoms with E-state index in [4.69, 9.17) is 0 Å². The van der Waals surface area contributed by atoms with E-state index in [2.05, 4.69) is 39.5 Å². The largest absolute Gasteiger partial charge is 0.0985 e. The summed E-state index contributed by atoms with van der Waals surface area (Å²) in [5.41, 5.74) is 6.22. The van der Waals surface area contributed by atoms with Crippen LogP contribution in [-0.4, -0.2) is 0 Å². The van der Waals surface area contributed by atoms with E-state index < -0.39 is 0 Å². The number of benzene rings is 1. The lowest BCUT2D eigenvalue weighted by Crippen LogP contribution is -2.03. The Bertz CT molecular complexity index is 410. The van der Waals surface area contributed by atoms with Gasteiger partial charge in [0, 0.05) is 0 Å². The van der Waals surface area contributed by atoms with Crippen molar-refractivity contribution in [2.24, 2.45) is 0 Å². The molecule has 0 atom stereocenters. The van der Waals surface area contributed by atoms with Gasteiger partial charge in [-0.1, -0.05) is 84.1 Å². The first-order valence-corrected chi connectivity index (χ1v) is 10.0. The van der Waals surface area contributed by atoms with E-state index in [1.54, 1.807) is 16.7 Å². The lowest BCUT2D eigenvalue weighted by molar-refractivity contribution is 0.677. The topological polar surface area (TPSA) is 0 Å². The molecule has 23 heavy (non-hydrogen) atoms. The fraction of sp³-hybridized carbons (Fsp3) is 0.652. The van der Waals surface area contributed by atoms with Crippen molar-refractivity contribution in [1.82, 2.24) is 0 Å². The number of unbranched alkanes of at least 4 members (excludes halogenated alkanes) is 6. The minimum Gasteiger partial charge on any atom is -0.0985 e. The van der Waals surface area contributed by atoms with Crippen LogP contribution in [0.2, 0.25) is 0 Å². The Morgan fingerprint density at radius 2 is 1.13 bits per heavy atom. The van der Waals surface area contributed by atoms with Gasteiger partial charge in [-0.2, -0.15) is 0 Å². The summed E-state index contributed by atoms with van der Waals surface area (Å²) in [5, 5.41) is 0. The molecule has 1 aromatic carbocycles. The molecule has 1 aromatic rings. The van der Waals surface area contributed by atoms with Crippen LogP contribution in [0.15, 0.2) is 18.7 Å². The summed E-state index contributed by atoms with van der Waals surface area (Å²) in [6.45, 7) is 10.9. The molecule has 0 aliphatic heterocycles. The summed E-state index contributed by atoms with van der Waals surface area (Å²) in [5.74, 6) is 0. The van der Waals surface area contributed by atoms with Crippen molar-refractivity contribution in [2.75, 3.05) is 0 Å². The quantitative estimate of drug-likeness (QED) is 0.330. The minimum absolute atomic E-state index is 1.25. The first kappa shape index (κ1) is 20.0. The average molecular weight is 315 g/mol. The standard InChI is InChI=1S/C23H38/c1-5-9-12-15-21-18-20(8-4)19-22(16-13-10-6-2)23(21)17-14-11-7-3/h8,18-19H,4-7,9-17H2,1-3H3. The van der Waals surface area contributed by atoms with E-state index in [9.17, 15) is 0 Å². The van der Waals surface area contributed by atoms with Gasteiger partial charge in [-0.05, 0) is 60.8 Å². The van der Waals surface area contributed by atoms with Crippen molar-refractivity contribution in [2.45, 2.75) is 97.8 Å². The van der Waals surface area contributed by atoms with Crippen molar-refractivity contribution in [3.8, 4) is 0 Å². The smallest absolute Gasteiger partial charge is 0.0257 e. The second-order valence-corrected chi connectivity index (χ2v) is 6.89. The highest BCUT2D eigenvalue weighted by molar-refractivity contribution is 5.53. The van der Waals surface area contributed by atoms with Crippen molar-refractivity contribution < 1.29 is 0 Å². The van der Waals surface area contributed by atoms with Crippen molar-refractivity contribution in [3.05, 3.63) is 41.0 Å². The Morgan fingerprint density at radius 1 is 0.696 bits per heavy atom. The molecule has 0 aliphatic rings. The third-order valence-corrected chi connectivity index (χ3v) is 4.82. The summed E-state index contributed by atoms with van der Waals surface area (Å²) >= 11 is 0. The van der Waals surface area contributed by atoms with Gasteiger partial charge in [0.2, 0.25) is 0 Å². The van der Waals surface area contributed by atoms with E-state index in [1.807, 2.05) is 6.08 Å². The van der Waals surface area contributed by atoms with Gasteiger partial charge in [0.25, 0.3) is 0 Å². The molecule has 0 radical (unpaired) electrons. The minimum atomic E-state index is 1.25. The highest BCUT2D eigenvalue weighted by Gasteiger charge is 2.10. The molecule has 0 spiro atoms. The molecule has 0 aromatic heterocycles. The molecule has 0 unspecified atom stereocenters. The molecule has 0 heterocycles. The molecule has 0 N–H and O–H groups in total. The Labute approximate surface area is 145 Å². The number of hydrogen-bond acceptors (Lipinski definition) is 0. The third kappa shape index (κ3) is 7.38. The second kappa shape index (κ2) is 12.4. The Balaban J connectivity index is 2.99. The van der Waals surface area contributed by atoms with Crippen LogP contribution in [0.1, 0.15) is 101 Å². The molecule has 130 valence electrons. The monoisotopic (exact) mass is 314 g/mol. The predicted molar refractivity (Wildman–Crippen MR) is 106 cm³/mol. The average Bonchev–Trinajstić information content (AvgIpc) is 2.57. The van der Waals surface area contributed by atoms with Crippen LogP contribution in [0.25, 0.3) is 6.08 Å². The Hall–Kier alpha value is -1.04. The van der Waals surface area contributed by atoms with Gasteiger partial charge in [0.1, 0.15) is 0 Å². The summed E-state index contributed by atoms with van der Waals surface area (Å²) < 4.78 is 0. The van der Waals surface area contributed by atoms with Gasteiger partial charge >= 0.3 is 0 Å². The zero-order valence-corrected chi connectivity index (χ0v) is 15.9. The van der Waals surface area contributed by atoms with Crippen LogP contribution in [0.3, 0.4) is 0 Å². The second-order valence-electron chi connectivity index (χ2n) is 6.89. The lowest BCUT2D eigenvalue weighted by atomic mass is 9.88. The van der Waals surface area contributed by atoms with E-state index >= 15 is 0 Å². The summed E-state index contributed by atoms with van der Waals surface area (Å²) in [6, 6.07) is 4.82. The molecular weight excluding hydrogens is 276 g/mol. The number of rotatable bonds is 13. The maximum Gasteiger partial charge on any atom is -0.0257 e. The normalized spacial score (nSPS) is 10.9. The highest BCUT2D eigenvalue weighted by Crippen LogP contribution is 2.25. The van der Waals surface area contributed by atoms with Crippen LogP contribution >= 0.6 is 0 Å². The molecular formula is C23H38. The van der Waals surface area contributed by atoms with Gasteiger partial charge < -0.3 is 0 Å². The van der Waals surface area contributed by atoms with Gasteiger partial charge in [-0.3, -0.25) is 0 Å². The SMILES string of the molecule is C=Cc1cc(CCCCC)c(CCCCC)c(CCCCC)c1. The van der Waals surface area contributed by atoms with Crippen molar-refractivity contribution in [1.29, 1.82) is 0 Å². The van der Waals surface area contributed by atoms with E-state index in [-0.39, 0.29) is 0 Å². The Kier molecular flexibility index (Phi) is 10.8. The molecule has 0 heteroatoms. The predicted octanol–water partition coefficient (Wildman–Crippen LogP) is 7.53. The number of hydrogen-bond donors (Lipinski definition) is 0. The van der Waals surface area contributed by atoms with Crippen LogP contribution in [0.4, 0.5) is 0 Å². The summed E-state index contributed by atoms with van der Waals surface area (Å²) in [4.78, 5) is 0. The zero-order chi connectivity index (χ0) is 16.9. The van der Waals surface area contributed by atoms with Gasteiger partial charge in [-0.25, -0.2) is 0 Å². The maximum atomic E-state index is 4.01. The number of aryl methyl sites for hydroxylation is 2. The summed E-state index contributed by atoms with van der Waals surface area (Å²) in [7, 11) is 0. The van der Waals surface area contributed by atoms with Gasteiger partial charge in [-0.15, -0.1) is 0 Å². The molecule has 0 bridgehead atoms. The van der Waals surface area contributed by atoms with Gasteiger partial charge in [0.05, 0.1) is 0 Å². The first-order valence-electron chi connectivity index (χ1n) is 10.0. The highest BCUT2D eigenvalue weighted by atomic mass is 14.2. The van der Waals surface area contributed by atoms with Crippen LogP contribution in [0.5, 0.6) is 0 Å². The molecule has 0 nitrogen and oxygen atoms in total. The van der Waals surface area contributed by atoms with Crippen LogP contribution in [0, 0.1) is 0 Å². The van der Waals surface area contributed by atoms with Crippen molar-refractivity contribution in [3.63, 3.8) is 0 Å². The maximum absolute atomic E-state index is 4.01. The third-order valence-electron chi connectivity index (χ3n) is 4.82. The fourth-order valence-corrected chi connectivity index (χ4v) is 3.39. The molecule has 0 amide bonds. The lowest BCUT2D eigenvalue weighted by Gasteiger charge is -2.17. The molecule has 0 aliphatic carbocycles. The first-order chi connectivity index (χ1) is 11.3. The molecule has 0 saturated carbocycles. The molecule has 0 fully saturated rings. The fourth-order valence-electron chi connectivity index (χ4n) is 3.39. The van der Waals surface area contributed by atoms with Crippen LogP contribution < -0.4 is 0 Å². The van der Waals surface area contributed by atoms with E-state index in [1.165, 1.54) is 82.6 Å². The summed E-state index contributed by atoms with van der Waals surface area (Å²) in [6.07, 6.45) is 17.7. The van der Waals surface area contributed by atoms with Gasteiger partial charge in [0.15, 0.2) is 0 Å². The van der Waals surface area contributed by atoms with Crippen LogP contribution in [-0.2, 0) is 19.3 Å². The molecule has 1 rings (SSSR count). The molecule has 0 saturated heterocycles. The Morgan fingerprint density at radius 3 is 1.52 bits per heavy atom. The van der Waals surface area contributed by atoms with E-state index in [0.29, 0.717) is 0 Å².